The molecule has 0 atom stereocenters. The Kier molecular flexibility index (Phi) is 4.33. The molecule has 1 fully saturated rings. The number of hydrogen-bond acceptors (Lipinski definition) is 5. The topological polar surface area (TPSA) is 84.0 Å². The van der Waals surface area contributed by atoms with Crippen LogP contribution in [0.1, 0.15) is 27.9 Å². The number of nitrogens with zero attached hydrogens (tertiary/aromatic N) is 2. The van der Waals surface area contributed by atoms with Gasteiger partial charge in [0.2, 0.25) is 0 Å². The van der Waals surface area contributed by atoms with Crippen LogP contribution in [0, 0.1) is 0 Å². The highest BCUT2D eigenvalue weighted by atomic mass is 16.5. The molecule has 0 aromatic heterocycles. The van der Waals surface area contributed by atoms with Crippen molar-refractivity contribution in [2.45, 2.75) is 19.3 Å². The molecular formula is C17H18N2O5. The van der Waals surface area contributed by atoms with E-state index in [-0.39, 0.29) is 12.3 Å². The Morgan fingerprint density at radius 3 is 2.62 bits per heavy atom. The Morgan fingerprint density at radius 1 is 1.17 bits per heavy atom. The van der Waals surface area contributed by atoms with Gasteiger partial charge in [0.15, 0.2) is 12.4 Å². The molecule has 1 heterocycles. The van der Waals surface area contributed by atoms with Crippen LogP contribution in [0.2, 0.25) is 0 Å². The van der Waals surface area contributed by atoms with E-state index >= 15 is 0 Å². The first-order valence-electron chi connectivity index (χ1n) is 7.82. The van der Waals surface area contributed by atoms with Crippen LogP contribution in [0.3, 0.4) is 0 Å². The third-order valence-electron chi connectivity index (χ3n) is 4.30. The number of likely N-dealkylation sites (N-methyl/N-ethyl adjacent to an activating group) is 1. The van der Waals surface area contributed by atoms with E-state index in [2.05, 4.69) is 0 Å². The highest BCUT2D eigenvalue weighted by Crippen LogP contribution is 2.23. The van der Waals surface area contributed by atoms with E-state index in [0.29, 0.717) is 5.56 Å². The molecule has 3 amide bonds. The van der Waals surface area contributed by atoms with Crippen molar-refractivity contribution in [1.82, 2.24) is 9.80 Å². The molecule has 0 unspecified atom stereocenters. The van der Waals surface area contributed by atoms with Gasteiger partial charge in [0, 0.05) is 12.6 Å². The minimum atomic E-state index is -0.776. The SMILES string of the molecule is CN1CC(=O)N(CC(=O)OCC(=O)c2ccc3c(c2)CCC3)C1=O. The standard InChI is InChI=1S/C17H18N2O5/c1-18-8-15(21)19(17(18)23)9-16(22)24-10-14(20)13-6-5-11-3-2-4-12(11)7-13/h5-7H,2-4,8-10H2,1H3. The van der Waals surface area contributed by atoms with E-state index in [1.807, 2.05) is 12.1 Å². The molecule has 0 radical (unpaired) electrons. The predicted octanol–water partition coefficient (Wildman–Crippen LogP) is 0.795. The number of imide groups is 1. The fraction of sp³-hybridized carbons (Fsp3) is 0.412. The maximum atomic E-state index is 12.1. The number of hydrogen-bond donors (Lipinski definition) is 0. The summed E-state index contributed by atoms with van der Waals surface area (Å²) in [7, 11) is 1.48. The summed E-state index contributed by atoms with van der Waals surface area (Å²) in [6, 6.07) is 4.99. The summed E-state index contributed by atoms with van der Waals surface area (Å²) in [6.07, 6.45) is 3.09. The second-order valence-electron chi connectivity index (χ2n) is 6.04. The normalized spacial score (nSPS) is 16.5. The van der Waals surface area contributed by atoms with Crippen LogP contribution in [0.25, 0.3) is 0 Å². The molecule has 7 heteroatoms. The highest BCUT2D eigenvalue weighted by Gasteiger charge is 2.35. The van der Waals surface area contributed by atoms with Gasteiger partial charge in [-0.05, 0) is 36.5 Å². The second-order valence-corrected chi connectivity index (χ2v) is 6.04. The minimum Gasteiger partial charge on any atom is -0.456 e. The number of urea groups is 1. The molecule has 0 bridgehead atoms. The Balaban J connectivity index is 1.54. The largest absolute Gasteiger partial charge is 0.456 e. The van der Waals surface area contributed by atoms with Gasteiger partial charge in [0.05, 0.1) is 0 Å². The van der Waals surface area contributed by atoms with Crippen molar-refractivity contribution >= 4 is 23.7 Å². The predicted molar refractivity (Wildman–Crippen MR) is 83.5 cm³/mol. The maximum absolute atomic E-state index is 12.1. The van der Waals surface area contributed by atoms with E-state index < -0.39 is 31.1 Å². The fourth-order valence-corrected chi connectivity index (χ4v) is 2.97. The zero-order valence-electron chi connectivity index (χ0n) is 13.4. The van der Waals surface area contributed by atoms with Gasteiger partial charge >= 0.3 is 12.0 Å². The first-order valence-corrected chi connectivity index (χ1v) is 7.82. The van der Waals surface area contributed by atoms with Crippen LogP contribution in [0.4, 0.5) is 4.79 Å². The summed E-state index contributed by atoms with van der Waals surface area (Å²) in [5, 5.41) is 0. The van der Waals surface area contributed by atoms with Gasteiger partial charge in [0.25, 0.3) is 5.91 Å². The summed E-state index contributed by atoms with van der Waals surface area (Å²) < 4.78 is 4.92. The van der Waals surface area contributed by atoms with Gasteiger partial charge in [0.1, 0.15) is 13.1 Å². The maximum Gasteiger partial charge on any atom is 0.327 e. The molecule has 0 N–H and O–H groups in total. The van der Waals surface area contributed by atoms with Crippen molar-refractivity contribution < 1.29 is 23.9 Å². The number of rotatable bonds is 5. The molecule has 0 saturated carbocycles. The molecule has 1 aliphatic carbocycles. The second kappa shape index (κ2) is 6.43. The summed E-state index contributed by atoms with van der Waals surface area (Å²) in [6.45, 7) is -0.927. The Labute approximate surface area is 139 Å². The molecular weight excluding hydrogens is 312 g/mol. The smallest absolute Gasteiger partial charge is 0.327 e. The average molecular weight is 330 g/mol. The molecule has 3 rings (SSSR count). The first-order chi connectivity index (χ1) is 11.5. The van der Waals surface area contributed by atoms with E-state index in [1.54, 1.807) is 6.07 Å². The van der Waals surface area contributed by atoms with Crippen molar-refractivity contribution in [2.75, 3.05) is 26.7 Å². The summed E-state index contributed by atoms with van der Waals surface area (Å²) in [5.74, 6) is -1.53. The molecule has 24 heavy (non-hydrogen) atoms. The summed E-state index contributed by atoms with van der Waals surface area (Å²) in [4.78, 5) is 49.2. The lowest BCUT2D eigenvalue weighted by molar-refractivity contribution is -0.145. The third-order valence-corrected chi connectivity index (χ3v) is 4.30. The fourth-order valence-electron chi connectivity index (χ4n) is 2.97. The molecule has 1 aliphatic heterocycles. The molecule has 1 aromatic rings. The number of aryl methyl sites for hydroxylation is 2. The lowest BCUT2D eigenvalue weighted by Crippen LogP contribution is -2.37. The van der Waals surface area contributed by atoms with Crippen molar-refractivity contribution in [2.24, 2.45) is 0 Å². The summed E-state index contributed by atoms with van der Waals surface area (Å²) >= 11 is 0. The monoisotopic (exact) mass is 330 g/mol. The number of amides is 3. The number of carbonyl (C=O) groups is 4. The first kappa shape index (κ1) is 16.2. The van der Waals surface area contributed by atoms with Crippen LogP contribution in [0.5, 0.6) is 0 Å². The van der Waals surface area contributed by atoms with Crippen molar-refractivity contribution in [3.05, 3.63) is 34.9 Å². The van der Waals surface area contributed by atoms with Crippen LogP contribution in [-0.2, 0) is 27.2 Å². The van der Waals surface area contributed by atoms with Gasteiger partial charge in [-0.3, -0.25) is 19.3 Å². The van der Waals surface area contributed by atoms with Crippen LogP contribution in [-0.4, -0.2) is 60.2 Å². The molecule has 126 valence electrons. The van der Waals surface area contributed by atoms with E-state index in [0.717, 1.165) is 24.2 Å². The number of benzene rings is 1. The van der Waals surface area contributed by atoms with E-state index in [9.17, 15) is 19.2 Å². The van der Waals surface area contributed by atoms with Gasteiger partial charge < -0.3 is 9.64 Å². The number of ether oxygens (including phenoxy) is 1. The van der Waals surface area contributed by atoms with Crippen molar-refractivity contribution in [1.29, 1.82) is 0 Å². The summed E-state index contributed by atoms with van der Waals surface area (Å²) in [5.41, 5.74) is 2.94. The number of esters is 1. The zero-order chi connectivity index (χ0) is 17.3. The Morgan fingerprint density at radius 2 is 1.92 bits per heavy atom. The van der Waals surface area contributed by atoms with Gasteiger partial charge in [-0.15, -0.1) is 0 Å². The number of ketones is 1. The van der Waals surface area contributed by atoms with E-state index in [4.69, 9.17) is 4.74 Å². The van der Waals surface area contributed by atoms with Crippen LogP contribution in [0.15, 0.2) is 18.2 Å². The van der Waals surface area contributed by atoms with Crippen LogP contribution < -0.4 is 0 Å². The zero-order valence-corrected chi connectivity index (χ0v) is 13.4. The number of fused-ring (bicyclic) bond motifs is 1. The lowest BCUT2D eigenvalue weighted by Gasteiger charge is -2.13. The van der Waals surface area contributed by atoms with Crippen molar-refractivity contribution in [3.63, 3.8) is 0 Å². The Hall–Kier alpha value is -2.70. The molecule has 7 nitrogen and oxygen atoms in total. The number of Topliss-reactive ketones (excluding diaryl/α,β-unsaturated/α-hetero) is 1. The van der Waals surface area contributed by atoms with Crippen molar-refractivity contribution in [3.8, 4) is 0 Å². The van der Waals surface area contributed by atoms with E-state index in [1.165, 1.54) is 23.1 Å². The quantitative estimate of drug-likeness (QED) is 0.453. The van der Waals surface area contributed by atoms with Crippen LogP contribution >= 0.6 is 0 Å². The molecule has 1 saturated heterocycles. The molecule has 2 aliphatic rings. The van der Waals surface area contributed by atoms with Gasteiger partial charge in [-0.2, -0.15) is 0 Å². The Bertz CT molecular complexity index is 728. The third kappa shape index (κ3) is 3.15. The number of carbonyl (C=O) groups excluding carboxylic acids is 4. The van der Waals surface area contributed by atoms with Gasteiger partial charge in [-0.25, -0.2) is 4.79 Å². The van der Waals surface area contributed by atoms with Gasteiger partial charge in [-0.1, -0.05) is 12.1 Å². The lowest BCUT2D eigenvalue weighted by atomic mass is 10.0. The highest BCUT2D eigenvalue weighted by molar-refractivity contribution is 6.04. The average Bonchev–Trinajstić information content (AvgIpc) is 3.12. The molecule has 1 aromatic carbocycles. The minimum absolute atomic E-state index is 0.0554. The molecule has 0 spiro atoms.